The molecule has 0 atom stereocenters. The molecule has 6 nitrogen and oxygen atoms in total. The second-order valence-electron chi connectivity index (χ2n) is 6.05. The van der Waals surface area contributed by atoms with E-state index in [1.807, 2.05) is 31.2 Å². The molecule has 3 aromatic rings. The molecule has 0 aliphatic carbocycles. The van der Waals surface area contributed by atoms with Gasteiger partial charge in [-0.1, -0.05) is 24.3 Å². The summed E-state index contributed by atoms with van der Waals surface area (Å²) in [5.74, 6) is -0.0946. The van der Waals surface area contributed by atoms with Gasteiger partial charge in [0.2, 0.25) is 11.7 Å². The Balaban J connectivity index is 1.86. The molecule has 0 bridgehead atoms. The lowest BCUT2D eigenvalue weighted by Gasteiger charge is -2.09. The van der Waals surface area contributed by atoms with Crippen LogP contribution in [0.1, 0.15) is 28.6 Å². The van der Waals surface area contributed by atoms with E-state index < -0.39 is 5.97 Å². The lowest BCUT2D eigenvalue weighted by molar-refractivity contribution is -0.115. The number of furan rings is 1. The zero-order valence-electron chi connectivity index (χ0n) is 15.5. The van der Waals surface area contributed by atoms with Crippen molar-refractivity contribution in [2.75, 3.05) is 19.0 Å². The van der Waals surface area contributed by atoms with Crippen molar-refractivity contribution < 1.29 is 23.5 Å². The molecule has 1 amide bonds. The topological polar surface area (TPSA) is 77.8 Å². The minimum absolute atomic E-state index is 0.00249. The molecule has 2 aromatic carbocycles. The van der Waals surface area contributed by atoms with Gasteiger partial charge in [-0.25, -0.2) is 4.79 Å². The molecule has 0 radical (unpaired) electrons. The van der Waals surface area contributed by atoms with Crippen molar-refractivity contribution in [2.45, 2.75) is 20.3 Å². The number of anilines is 1. The Morgan fingerprint density at radius 2 is 1.93 bits per heavy atom. The zero-order valence-corrected chi connectivity index (χ0v) is 15.5. The maximum absolute atomic E-state index is 12.6. The molecule has 27 heavy (non-hydrogen) atoms. The molecule has 0 spiro atoms. The summed E-state index contributed by atoms with van der Waals surface area (Å²) in [5.41, 5.74) is 2.63. The standard InChI is InChI=1S/C21H21NO5/c1-4-26-21(24)20-19(15-7-5-6-8-17(15)27-20)22-18(23)12-14-9-10-16(25-3)13(2)11-14/h5-11H,4,12H2,1-3H3,(H,22,23). The first-order valence-corrected chi connectivity index (χ1v) is 8.65. The van der Waals surface area contributed by atoms with Crippen LogP contribution >= 0.6 is 0 Å². The number of aryl methyl sites for hydroxylation is 1. The quantitative estimate of drug-likeness (QED) is 0.664. The number of rotatable bonds is 6. The van der Waals surface area contributed by atoms with E-state index in [1.165, 1.54) is 0 Å². The van der Waals surface area contributed by atoms with Gasteiger partial charge in [0.1, 0.15) is 17.0 Å². The van der Waals surface area contributed by atoms with Crippen LogP contribution in [0, 0.1) is 6.92 Å². The van der Waals surface area contributed by atoms with Crippen molar-refractivity contribution in [1.82, 2.24) is 0 Å². The maximum atomic E-state index is 12.6. The molecule has 1 aromatic heterocycles. The first-order chi connectivity index (χ1) is 13.0. The monoisotopic (exact) mass is 367 g/mol. The van der Waals surface area contributed by atoms with Crippen molar-refractivity contribution in [1.29, 1.82) is 0 Å². The summed E-state index contributed by atoms with van der Waals surface area (Å²) in [6, 6.07) is 12.7. The van der Waals surface area contributed by atoms with Crippen molar-refractivity contribution >= 4 is 28.5 Å². The van der Waals surface area contributed by atoms with Gasteiger partial charge in [0.25, 0.3) is 0 Å². The Hall–Kier alpha value is -3.28. The number of hydrogen-bond donors (Lipinski definition) is 1. The van der Waals surface area contributed by atoms with Gasteiger partial charge in [-0.3, -0.25) is 4.79 Å². The van der Waals surface area contributed by atoms with Crippen LogP contribution in [0.2, 0.25) is 0 Å². The summed E-state index contributed by atoms with van der Waals surface area (Å²) in [4.78, 5) is 24.8. The first-order valence-electron chi connectivity index (χ1n) is 8.65. The van der Waals surface area contributed by atoms with Crippen LogP contribution in [0.5, 0.6) is 5.75 Å². The average molecular weight is 367 g/mol. The smallest absolute Gasteiger partial charge is 0.376 e. The minimum atomic E-state index is -0.607. The summed E-state index contributed by atoms with van der Waals surface area (Å²) in [6.45, 7) is 3.85. The Kier molecular flexibility index (Phi) is 5.45. The van der Waals surface area contributed by atoms with Gasteiger partial charge >= 0.3 is 5.97 Å². The zero-order chi connectivity index (χ0) is 19.4. The largest absolute Gasteiger partial charge is 0.496 e. The van der Waals surface area contributed by atoms with Crippen molar-refractivity contribution in [2.24, 2.45) is 0 Å². The summed E-state index contributed by atoms with van der Waals surface area (Å²) in [5, 5.41) is 3.46. The molecular weight excluding hydrogens is 346 g/mol. The summed E-state index contributed by atoms with van der Waals surface area (Å²) in [7, 11) is 1.61. The number of carbonyl (C=O) groups excluding carboxylic acids is 2. The maximum Gasteiger partial charge on any atom is 0.376 e. The molecule has 0 unspecified atom stereocenters. The third kappa shape index (κ3) is 3.95. The number of methoxy groups -OCH3 is 1. The molecule has 1 heterocycles. The van der Waals surface area contributed by atoms with Crippen molar-refractivity contribution in [3.8, 4) is 5.75 Å². The van der Waals surface area contributed by atoms with Gasteiger partial charge in [0, 0.05) is 5.39 Å². The molecule has 140 valence electrons. The molecule has 0 fully saturated rings. The predicted octanol–water partition coefficient (Wildman–Crippen LogP) is 4.11. The van der Waals surface area contributed by atoms with Crippen LogP contribution in [-0.4, -0.2) is 25.6 Å². The van der Waals surface area contributed by atoms with E-state index in [9.17, 15) is 9.59 Å². The number of fused-ring (bicyclic) bond motifs is 1. The fraction of sp³-hybridized carbons (Fsp3) is 0.238. The van der Waals surface area contributed by atoms with E-state index in [4.69, 9.17) is 13.9 Å². The van der Waals surface area contributed by atoms with Crippen LogP contribution in [-0.2, 0) is 16.0 Å². The molecule has 0 saturated heterocycles. The lowest BCUT2D eigenvalue weighted by Crippen LogP contribution is -2.17. The number of ether oxygens (including phenoxy) is 2. The van der Waals surface area contributed by atoms with Crippen LogP contribution in [0.3, 0.4) is 0 Å². The molecule has 3 rings (SSSR count). The van der Waals surface area contributed by atoms with E-state index in [0.717, 1.165) is 16.9 Å². The summed E-state index contributed by atoms with van der Waals surface area (Å²) in [6.07, 6.45) is 0.159. The SMILES string of the molecule is CCOC(=O)c1oc2ccccc2c1NC(=O)Cc1ccc(OC)c(C)c1. The lowest BCUT2D eigenvalue weighted by atomic mass is 10.1. The third-order valence-corrected chi connectivity index (χ3v) is 4.14. The fourth-order valence-corrected chi connectivity index (χ4v) is 2.93. The Bertz CT molecular complexity index is 989. The summed E-state index contributed by atoms with van der Waals surface area (Å²) >= 11 is 0. The number of amides is 1. The van der Waals surface area contributed by atoms with E-state index in [0.29, 0.717) is 16.7 Å². The van der Waals surface area contributed by atoms with Crippen molar-refractivity contribution in [3.05, 3.63) is 59.4 Å². The van der Waals surface area contributed by atoms with Crippen LogP contribution in [0.4, 0.5) is 5.69 Å². The number of carbonyl (C=O) groups is 2. The first kappa shape index (κ1) is 18.5. The van der Waals surface area contributed by atoms with Gasteiger partial charge in [-0.15, -0.1) is 0 Å². The molecule has 6 heteroatoms. The van der Waals surface area contributed by atoms with Gasteiger partial charge in [0.15, 0.2) is 0 Å². The van der Waals surface area contributed by atoms with E-state index >= 15 is 0 Å². The van der Waals surface area contributed by atoms with E-state index in [-0.39, 0.29) is 24.7 Å². The molecule has 1 N–H and O–H groups in total. The van der Waals surface area contributed by atoms with Gasteiger partial charge in [-0.05, 0) is 43.2 Å². The molecule has 0 aliphatic rings. The Morgan fingerprint density at radius 3 is 2.63 bits per heavy atom. The molecule has 0 aliphatic heterocycles. The number of nitrogens with one attached hydrogen (secondary N) is 1. The average Bonchev–Trinajstić information content (AvgIpc) is 3.01. The number of hydrogen-bond acceptors (Lipinski definition) is 5. The van der Waals surface area contributed by atoms with E-state index in [2.05, 4.69) is 5.32 Å². The minimum Gasteiger partial charge on any atom is -0.496 e. The second kappa shape index (κ2) is 7.95. The highest BCUT2D eigenvalue weighted by atomic mass is 16.5. The highest BCUT2D eigenvalue weighted by Crippen LogP contribution is 2.31. The number of para-hydroxylation sites is 1. The van der Waals surface area contributed by atoms with Gasteiger partial charge < -0.3 is 19.2 Å². The van der Waals surface area contributed by atoms with Crippen molar-refractivity contribution in [3.63, 3.8) is 0 Å². The summed E-state index contributed by atoms with van der Waals surface area (Å²) < 4.78 is 15.9. The fourth-order valence-electron chi connectivity index (χ4n) is 2.93. The number of esters is 1. The Labute approximate surface area is 157 Å². The van der Waals surface area contributed by atoms with E-state index in [1.54, 1.807) is 32.2 Å². The molecular formula is C21H21NO5. The third-order valence-electron chi connectivity index (χ3n) is 4.14. The van der Waals surface area contributed by atoms with Crippen LogP contribution in [0.15, 0.2) is 46.9 Å². The highest BCUT2D eigenvalue weighted by Gasteiger charge is 2.23. The highest BCUT2D eigenvalue weighted by molar-refractivity contribution is 6.09. The van der Waals surface area contributed by atoms with Gasteiger partial charge in [-0.2, -0.15) is 0 Å². The van der Waals surface area contributed by atoms with Crippen LogP contribution in [0.25, 0.3) is 11.0 Å². The normalized spacial score (nSPS) is 10.6. The van der Waals surface area contributed by atoms with Gasteiger partial charge in [0.05, 0.1) is 20.1 Å². The number of benzene rings is 2. The predicted molar refractivity (Wildman–Crippen MR) is 102 cm³/mol. The molecule has 0 saturated carbocycles. The van der Waals surface area contributed by atoms with Crippen LogP contribution < -0.4 is 10.1 Å². The Morgan fingerprint density at radius 1 is 1.15 bits per heavy atom. The second-order valence-corrected chi connectivity index (χ2v) is 6.05.